The second kappa shape index (κ2) is 10.7. The molecular formula is C20H26Cl2O. The van der Waals surface area contributed by atoms with E-state index >= 15 is 0 Å². The molecule has 0 bridgehead atoms. The molecule has 0 saturated heterocycles. The largest absolute Gasteiger partial charge is 0.397 e. The monoisotopic (exact) mass is 352 g/mol. The highest BCUT2D eigenvalue weighted by Gasteiger charge is 2.21. The Hall–Kier alpha value is -1.02. The van der Waals surface area contributed by atoms with Gasteiger partial charge < -0.3 is 5.11 Å². The third-order valence-electron chi connectivity index (χ3n) is 3.75. The van der Waals surface area contributed by atoms with Gasteiger partial charge in [0.05, 0.1) is 0 Å². The number of hydrogen-bond acceptors (Lipinski definition) is 1. The van der Waals surface area contributed by atoms with Gasteiger partial charge in [0.2, 0.25) is 0 Å². The first-order chi connectivity index (χ1) is 11.1. The summed E-state index contributed by atoms with van der Waals surface area (Å²) >= 11 is 12.5. The van der Waals surface area contributed by atoms with Gasteiger partial charge in [0.15, 0.2) is 0 Å². The van der Waals surface area contributed by atoms with Gasteiger partial charge in [-0.1, -0.05) is 62.4 Å². The van der Waals surface area contributed by atoms with Crippen LogP contribution in [0.25, 0.3) is 0 Å². The molecule has 0 amide bonds. The van der Waals surface area contributed by atoms with Crippen molar-refractivity contribution in [3.05, 3.63) is 70.8 Å². The summed E-state index contributed by atoms with van der Waals surface area (Å²) in [5.41, 5.74) is 4.99. The molecule has 126 valence electrons. The van der Waals surface area contributed by atoms with Crippen molar-refractivity contribution >= 4 is 23.2 Å². The van der Waals surface area contributed by atoms with Gasteiger partial charge in [-0.2, -0.15) is 0 Å². The summed E-state index contributed by atoms with van der Waals surface area (Å²) in [5.74, 6) is 0.0233. The van der Waals surface area contributed by atoms with E-state index in [9.17, 15) is 0 Å². The van der Waals surface area contributed by atoms with E-state index in [1.807, 2.05) is 0 Å². The van der Waals surface area contributed by atoms with Crippen LogP contribution in [0.2, 0.25) is 0 Å². The van der Waals surface area contributed by atoms with Gasteiger partial charge in [-0.3, -0.25) is 0 Å². The molecule has 0 saturated carbocycles. The highest BCUT2D eigenvalue weighted by molar-refractivity contribution is 6.45. The summed E-state index contributed by atoms with van der Waals surface area (Å²) in [6.07, 6.45) is 2.09. The Morgan fingerprint density at radius 3 is 1.26 bits per heavy atom. The van der Waals surface area contributed by atoms with Gasteiger partial charge in [-0.15, -0.1) is 23.2 Å². The Morgan fingerprint density at radius 1 is 0.739 bits per heavy atom. The van der Waals surface area contributed by atoms with Gasteiger partial charge in [-0.05, 0) is 42.0 Å². The molecule has 23 heavy (non-hydrogen) atoms. The highest BCUT2D eigenvalue weighted by Crippen LogP contribution is 2.33. The van der Waals surface area contributed by atoms with Crippen LogP contribution in [0.3, 0.4) is 0 Å². The van der Waals surface area contributed by atoms with E-state index in [0.717, 1.165) is 12.8 Å². The lowest BCUT2D eigenvalue weighted by atomic mass is 9.91. The Balaban J connectivity index is 0.000000816. The summed E-state index contributed by atoms with van der Waals surface area (Å²) in [5, 5.41) is 7.57. The molecule has 2 aromatic carbocycles. The number of rotatable bonds is 5. The average molecular weight is 353 g/mol. The number of benzene rings is 2. The minimum Gasteiger partial charge on any atom is -0.397 e. The van der Waals surface area contributed by atoms with Crippen molar-refractivity contribution in [3.63, 3.8) is 0 Å². The molecule has 0 spiro atoms. The van der Waals surface area contributed by atoms with Crippen LogP contribution >= 0.6 is 23.2 Å². The van der Waals surface area contributed by atoms with Crippen LogP contribution in [0.5, 0.6) is 0 Å². The third-order valence-corrected chi connectivity index (χ3v) is 4.25. The van der Waals surface area contributed by atoms with Gasteiger partial charge in [0.1, 0.15) is 4.84 Å². The fraction of sp³-hybridized carbons (Fsp3) is 0.400. The molecule has 2 aromatic rings. The molecule has 0 atom stereocenters. The molecule has 0 unspecified atom stereocenters. The Kier molecular flexibility index (Phi) is 9.31. The summed E-state index contributed by atoms with van der Waals surface area (Å²) in [7, 11) is 0. The summed E-state index contributed by atoms with van der Waals surface area (Å²) < 4.78 is 0. The molecule has 0 radical (unpaired) electrons. The van der Waals surface area contributed by atoms with Crippen molar-refractivity contribution in [2.24, 2.45) is 0 Å². The summed E-state index contributed by atoms with van der Waals surface area (Å²) in [6.45, 7) is 6.24. The lowest BCUT2D eigenvalue weighted by Crippen LogP contribution is -2.09. The predicted molar refractivity (Wildman–Crippen MR) is 102 cm³/mol. The number of halogens is 2. The van der Waals surface area contributed by atoms with Crippen LogP contribution in [-0.2, 0) is 12.8 Å². The zero-order chi connectivity index (χ0) is 17.2. The molecular weight excluding hydrogens is 327 g/mol. The maximum absolute atomic E-state index is 7.57. The number of aryl methyl sites for hydroxylation is 2. The zero-order valence-corrected chi connectivity index (χ0v) is 15.6. The van der Waals surface area contributed by atoms with E-state index in [-0.39, 0.29) is 12.5 Å². The second-order valence-electron chi connectivity index (χ2n) is 5.32. The first-order valence-electron chi connectivity index (χ1n) is 8.13. The van der Waals surface area contributed by atoms with E-state index in [1.165, 1.54) is 22.3 Å². The molecule has 0 heterocycles. The highest BCUT2D eigenvalue weighted by atomic mass is 35.5. The number of aliphatic hydroxyl groups excluding tert-OH is 1. The molecule has 0 aliphatic carbocycles. The third kappa shape index (κ3) is 6.18. The molecule has 1 nitrogen and oxygen atoms in total. The van der Waals surface area contributed by atoms with E-state index in [4.69, 9.17) is 28.3 Å². The molecule has 3 heteroatoms. The van der Waals surface area contributed by atoms with Crippen LogP contribution in [0, 0.1) is 0 Å². The Morgan fingerprint density at radius 2 is 1.04 bits per heavy atom. The van der Waals surface area contributed by atoms with Crippen LogP contribution in [0.4, 0.5) is 0 Å². The van der Waals surface area contributed by atoms with Crippen LogP contribution < -0.4 is 0 Å². The van der Waals surface area contributed by atoms with E-state index in [1.54, 1.807) is 6.92 Å². The first-order valence-corrected chi connectivity index (χ1v) is 9.01. The first kappa shape index (κ1) is 20.0. The van der Waals surface area contributed by atoms with Crippen molar-refractivity contribution in [2.45, 2.75) is 44.4 Å². The maximum Gasteiger partial charge on any atom is 0.118 e. The summed E-state index contributed by atoms with van der Waals surface area (Å²) in [4.78, 5) is -0.449. The van der Waals surface area contributed by atoms with Crippen molar-refractivity contribution in [3.8, 4) is 0 Å². The van der Waals surface area contributed by atoms with E-state index < -0.39 is 4.84 Å². The fourth-order valence-corrected chi connectivity index (χ4v) is 2.99. The normalized spacial score (nSPS) is 10.6. The minimum atomic E-state index is -0.449. The van der Waals surface area contributed by atoms with Crippen LogP contribution in [-0.4, -0.2) is 16.5 Å². The standard InChI is InChI=1S/C18H20Cl2.C2H6O/c1-3-13-5-9-15(10-6-13)17(18(19)20)16-11-7-14(4-2)8-12-16;1-2-3/h5-12,17-18H,3-4H2,1-2H3;3H,2H2,1H3. The molecule has 0 aliphatic heterocycles. The van der Waals surface area contributed by atoms with Crippen molar-refractivity contribution in [1.82, 2.24) is 0 Å². The van der Waals surface area contributed by atoms with Gasteiger partial charge >= 0.3 is 0 Å². The molecule has 2 rings (SSSR count). The van der Waals surface area contributed by atoms with E-state index in [2.05, 4.69) is 62.4 Å². The van der Waals surface area contributed by atoms with Crippen molar-refractivity contribution < 1.29 is 5.11 Å². The molecule has 1 N–H and O–H groups in total. The summed E-state index contributed by atoms with van der Waals surface area (Å²) in [6, 6.07) is 17.1. The lowest BCUT2D eigenvalue weighted by Gasteiger charge is -2.19. The zero-order valence-electron chi connectivity index (χ0n) is 14.1. The topological polar surface area (TPSA) is 20.2 Å². The predicted octanol–water partition coefficient (Wildman–Crippen LogP) is 5.75. The quantitative estimate of drug-likeness (QED) is 0.679. The number of hydrogen-bond donors (Lipinski definition) is 1. The van der Waals surface area contributed by atoms with E-state index in [0.29, 0.717) is 0 Å². The Bertz CT molecular complexity index is 499. The molecule has 0 aliphatic rings. The van der Waals surface area contributed by atoms with Crippen LogP contribution in [0.1, 0.15) is 48.9 Å². The van der Waals surface area contributed by atoms with Crippen LogP contribution in [0.15, 0.2) is 48.5 Å². The van der Waals surface area contributed by atoms with Crippen molar-refractivity contribution in [1.29, 1.82) is 0 Å². The number of aliphatic hydroxyl groups is 1. The maximum atomic E-state index is 7.57. The molecule has 0 fully saturated rings. The second-order valence-corrected chi connectivity index (χ2v) is 6.48. The van der Waals surface area contributed by atoms with Gasteiger partial charge in [0, 0.05) is 12.5 Å². The van der Waals surface area contributed by atoms with Gasteiger partial charge in [-0.25, -0.2) is 0 Å². The SMILES string of the molecule is CCO.CCc1ccc(C(c2ccc(CC)cc2)C(Cl)Cl)cc1. The lowest BCUT2D eigenvalue weighted by molar-refractivity contribution is 0.318. The minimum absolute atomic E-state index is 0.0233. The Labute approximate surface area is 150 Å². The van der Waals surface area contributed by atoms with Gasteiger partial charge in [0.25, 0.3) is 0 Å². The fourth-order valence-electron chi connectivity index (χ4n) is 2.40. The molecule has 0 aromatic heterocycles. The smallest absolute Gasteiger partial charge is 0.118 e. The van der Waals surface area contributed by atoms with Crippen molar-refractivity contribution in [2.75, 3.05) is 6.61 Å². The average Bonchev–Trinajstić information content (AvgIpc) is 2.57. The number of alkyl halides is 2.